The molecule has 0 bridgehead atoms. The molecule has 0 saturated heterocycles. The summed E-state index contributed by atoms with van der Waals surface area (Å²) in [6.45, 7) is 1.94. The van der Waals surface area contributed by atoms with Crippen LogP contribution in [0, 0.1) is 6.92 Å². The van der Waals surface area contributed by atoms with Crippen LogP contribution in [0.25, 0.3) is 0 Å². The molecule has 2 aromatic rings. The number of nitrogens with two attached hydrogens (primary N) is 1. The molecule has 1 aromatic heterocycles. The van der Waals surface area contributed by atoms with Gasteiger partial charge >= 0.3 is 5.97 Å². The maximum Gasteiger partial charge on any atom is 0.343 e. The van der Waals surface area contributed by atoms with Crippen LogP contribution in [0.1, 0.15) is 15.9 Å². The number of ether oxygens (including phenoxy) is 2. The molecule has 0 aliphatic carbocycles. The summed E-state index contributed by atoms with van der Waals surface area (Å²) in [4.78, 5) is 15.7. The van der Waals surface area contributed by atoms with Gasteiger partial charge in [-0.3, -0.25) is 0 Å². The number of aromatic nitrogens is 1. The molecule has 0 saturated carbocycles. The Morgan fingerprint density at radius 3 is 2.75 bits per heavy atom. The summed E-state index contributed by atoms with van der Waals surface area (Å²) in [7, 11) is 1.29. The lowest BCUT2D eigenvalue weighted by molar-refractivity contribution is 0.0597. The number of hydrogen-bond acceptors (Lipinski definition) is 5. The minimum atomic E-state index is -0.548. The molecule has 0 radical (unpaired) electrons. The van der Waals surface area contributed by atoms with Gasteiger partial charge in [-0.1, -0.05) is 15.9 Å². The van der Waals surface area contributed by atoms with Gasteiger partial charge in [0.05, 0.1) is 19.0 Å². The summed E-state index contributed by atoms with van der Waals surface area (Å²) in [5, 5.41) is 0. The molecular weight excluding hydrogens is 324 g/mol. The highest BCUT2D eigenvalue weighted by molar-refractivity contribution is 9.10. The Labute approximate surface area is 124 Å². The molecule has 0 spiro atoms. The van der Waals surface area contributed by atoms with Gasteiger partial charge in [0.2, 0.25) is 5.88 Å². The molecule has 1 aromatic carbocycles. The summed E-state index contributed by atoms with van der Waals surface area (Å²) >= 11 is 3.41. The average Bonchev–Trinajstić information content (AvgIpc) is 2.44. The number of anilines is 1. The van der Waals surface area contributed by atoms with E-state index >= 15 is 0 Å². The van der Waals surface area contributed by atoms with E-state index in [0.29, 0.717) is 11.4 Å². The first-order valence-corrected chi connectivity index (χ1v) is 6.58. The zero-order valence-electron chi connectivity index (χ0n) is 11.0. The molecular formula is C14H13BrN2O3. The van der Waals surface area contributed by atoms with Crippen LogP contribution in [-0.4, -0.2) is 18.1 Å². The van der Waals surface area contributed by atoms with Gasteiger partial charge < -0.3 is 15.2 Å². The van der Waals surface area contributed by atoms with Crippen molar-refractivity contribution in [2.45, 2.75) is 6.92 Å². The lowest BCUT2D eigenvalue weighted by Crippen LogP contribution is -2.06. The van der Waals surface area contributed by atoms with E-state index in [1.54, 1.807) is 6.07 Å². The Morgan fingerprint density at radius 1 is 1.35 bits per heavy atom. The first kappa shape index (κ1) is 14.3. The predicted molar refractivity (Wildman–Crippen MR) is 78.9 cm³/mol. The SMILES string of the molecule is COC(=O)c1cc(N)cnc1Oc1ccc(Br)c(C)c1. The number of benzene rings is 1. The van der Waals surface area contributed by atoms with Crippen molar-refractivity contribution in [3.05, 3.63) is 46.1 Å². The standard InChI is InChI=1S/C14H13BrN2O3/c1-8-5-10(3-4-12(8)15)20-13-11(14(18)19-2)6-9(16)7-17-13/h3-7H,16H2,1-2H3. The molecule has 0 atom stereocenters. The first-order chi connectivity index (χ1) is 9.51. The number of carbonyl (C=O) groups is 1. The van der Waals surface area contributed by atoms with Gasteiger partial charge in [-0.2, -0.15) is 0 Å². The van der Waals surface area contributed by atoms with Crippen LogP contribution in [0.3, 0.4) is 0 Å². The van der Waals surface area contributed by atoms with Crippen molar-refractivity contribution < 1.29 is 14.3 Å². The van der Waals surface area contributed by atoms with Crippen molar-refractivity contribution in [1.29, 1.82) is 0 Å². The van der Waals surface area contributed by atoms with Gasteiger partial charge in [0, 0.05) is 4.47 Å². The van der Waals surface area contributed by atoms with Gasteiger partial charge in [0.15, 0.2) is 0 Å². The molecule has 104 valence electrons. The number of halogens is 1. The topological polar surface area (TPSA) is 74.4 Å². The quantitative estimate of drug-likeness (QED) is 0.870. The first-order valence-electron chi connectivity index (χ1n) is 5.79. The Kier molecular flexibility index (Phi) is 4.24. The Bertz CT molecular complexity index is 659. The number of methoxy groups -OCH3 is 1. The number of esters is 1. The second-order valence-electron chi connectivity index (χ2n) is 4.13. The smallest absolute Gasteiger partial charge is 0.343 e. The van der Waals surface area contributed by atoms with E-state index in [-0.39, 0.29) is 11.4 Å². The number of nitrogens with zero attached hydrogens (tertiary/aromatic N) is 1. The maximum absolute atomic E-state index is 11.7. The Hall–Kier alpha value is -2.08. The lowest BCUT2D eigenvalue weighted by atomic mass is 10.2. The van der Waals surface area contributed by atoms with Crippen molar-refractivity contribution in [2.75, 3.05) is 12.8 Å². The third kappa shape index (κ3) is 3.08. The molecule has 0 fully saturated rings. The molecule has 0 aliphatic rings. The van der Waals surface area contributed by atoms with Gasteiger partial charge in [-0.25, -0.2) is 9.78 Å². The van der Waals surface area contributed by atoms with E-state index in [1.165, 1.54) is 19.4 Å². The Morgan fingerprint density at radius 2 is 2.10 bits per heavy atom. The van der Waals surface area contributed by atoms with E-state index in [9.17, 15) is 4.79 Å². The summed E-state index contributed by atoms with van der Waals surface area (Å²) in [5.74, 6) is 0.189. The van der Waals surface area contributed by atoms with Crippen LogP contribution >= 0.6 is 15.9 Å². The van der Waals surface area contributed by atoms with E-state index in [1.807, 2.05) is 19.1 Å². The molecule has 0 amide bonds. The minimum absolute atomic E-state index is 0.160. The van der Waals surface area contributed by atoms with Crippen LogP contribution in [0.4, 0.5) is 5.69 Å². The highest BCUT2D eigenvalue weighted by Gasteiger charge is 2.16. The van der Waals surface area contributed by atoms with Crippen LogP contribution in [0.15, 0.2) is 34.9 Å². The summed E-state index contributed by atoms with van der Waals surface area (Å²) in [5.41, 5.74) is 7.19. The molecule has 0 aliphatic heterocycles. The molecule has 20 heavy (non-hydrogen) atoms. The number of hydrogen-bond donors (Lipinski definition) is 1. The van der Waals surface area contributed by atoms with Crippen molar-refractivity contribution in [3.8, 4) is 11.6 Å². The molecule has 2 N–H and O–H groups in total. The molecule has 0 unspecified atom stereocenters. The van der Waals surface area contributed by atoms with E-state index in [4.69, 9.17) is 15.2 Å². The summed E-state index contributed by atoms with van der Waals surface area (Å²) in [6, 6.07) is 6.94. The van der Waals surface area contributed by atoms with Crippen LogP contribution in [0.5, 0.6) is 11.6 Å². The number of carbonyl (C=O) groups excluding carboxylic acids is 1. The molecule has 5 nitrogen and oxygen atoms in total. The van der Waals surface area contributed by atoms with Gasteiger partial charge in [-0.15, -0.1) is 0 Å². The third-order valence-corrected chi connectivity index (χ3v) is 3.51. The van der Waals surface area contributed by atoms with Gasteiger partial charge in [0.1, 0.15) is 11.3 Å². The number of rotatable bonds is 3. The van der Waals surface area contributed by atoms with Crippen LogP contribution < -0.4 is 10.5 Å². The Balaban J connectivity index is 2.37. The molecule has 6 heteroatoms. The normalized spacial score (nSPS) is 10.2. The fourth-order valence-electron chi connectivity index (χ4n) is 1.60. The van der Waals surface area contributed by atoms with Crippen molar-refractivity contribution in [2.24, 2.45) is 0 Å². The van der Waals surface area contributed by atoms with Crippen molar-refractivity contribution >= 4 is 27.6 Å². The van der Waals surface area contributed by atoms with Crippen molar-refractivity contribution in [3.63, 3.8) is 0 Å². The molecule has 2 rings (SSSR count). The van der Waals surface area contributed by atoms with Crippen LogP contribution in [-0.2, 0) is 4.74 Å². The fourth-order valence-corrected chi connectivity index (χ4v) is 1.84. The number of aryl methyl sites for hydroxylation is 1. The second kappa shape index (κ2) is 5.92. The zero-order chi connectivity index (χ0) is 14.7. The van der Waals surface area contributed by atoms with E-state index in [0.717, 1.165) is 10.0 Å². The van der Waals surface area contributed by atoms with Crippen molar-refractivity contribution in [1.82, 2.24) is 4.98 Å². The largest absolute Gasteiger partial charge is 0.465 e. The second-order valence-corrected chi connectivity index (χ2v) is 4.98. The highest BCUT2D eigenvalue weighted by atomic mass is 79.9. The van der Waals surface area contributed by atoms with E-state index in [2.05, 4.69) is 20.9 Å². The summed E-state index contributed by atoms with van der Waals surface area (Å²) < 4.78 is 11.3. The lowest BCUT2D eigenvalue weighted by Gasteiger charge is -2.10. The average molecular weight is 337 g/mol. The van der Waals surface area contributed by atoms with Gasteiger partial charge in [-0.05, 0) is 36.8 Å². The molecule has 1 heterocycles. The van der Waals surface area contributed by atoms with E-state index < -0.39 is 5.97 Å². The predicted octanol–water partition coefficient (Wildman–Crippen LogP) is 3.31. The highest BCUT2D eigenvalue weighted by Crippen LogP contribution is 2.28. The van der Waals surface area contributed by atoms with Gasteiger partial charge in [0.25, 0.3) is 0 Å². The third-order valence-electron chi connectivity index (χ3n) is 2.62. The monoisotopic (exact) mass is 336 g/mol. The van der Waals surface area contributed by atoms with Crippen LogP contribution in [0.2, 0.25) is 0 Å². The maximum atomic E-state index is 11.7. The zero-order valence-corrected chi connectivity index (χ0v) is 12.6. The minimum Gasteiger partial charge on any atom is -0.465 e. The summed E-state index contributed by atoms with van der Waals surface area (Å²) in [6.07, 6.45) is 1.42. The number of nitrogen functional groups attached to an aromatic ring is 1. The fraction of sp³-hybridized carbons (Fsp3) is 0.143. The number of pyridine rings is 1.